The molecule has 5 N–H and O–H groups in total. The molecule has 0 saturated carbocycles. The minimum Gasteiger partial charge on any atom is -0.353 e. The maximum atomic E-state index is 3.97. The minimum absolute atomic E-state index is 1.01. The van der Waals surface area contributed by atoms with Crippen LogP contribution in [0.2, 0.25) is 0 Å². The Labute approximate surface area is 73.0 Å². The van der Waals surface area contributed by atoms with Gasteiger partial charge in [-0.3, -0.25) is 4.98 Å². The van der Waals surface area contributed by atoms with E-state index in [4.69, 9.17) is 0 Å². The average Bonchev–Trinajstić information content (AvgIpc) is 2.14. The predicted molar refractivity (Wildman–Crippen MR) is 47.4 cm³/mol. The molecule has 0 aliphatic carbocycles. The van der Waals surface area contributed by atoms with E-state index in [0.717, 1.165) is 26.1 Å². The van der Waals surface area contributed by atoms with Gasteiger partial charge in [0.2, 0.25) is 0 Å². The second-order valence-corrected chi connectivity index (χ2v) is 2.83. The van der Waals surface area contributed by atoms with Crippen LogP contribution in [0.1, 0.15) is 5.56 Å². The quantitative estimate of drug-likeness (QED) is 0.511. The highest BCUT2D eigenvalue weighted by Gasteiger charge is 1.93. The highest BCUT2D eigenvalue weighted by molar-refractivity contribution is 5.09. The lowest BCUT2D eigenvalue weighted by atomic mass is 10.2. The Balaban J connectivity index is 2.16. The number of hydrogen-bond acceptors (Lipinski definition) is 1. The van der Waals surface area contributed by atoms with E-state index in [1.54, 1.807) is 0 Å². The fourth-order valence-electron chi connectivity index (χ4n) is 1.11. The molecule has 0 bridgehead atoms. The standard InChI is InChI=1S/C9H15N3/c10-4-8-12-7-3-9-1-5-11-6-2-9/h1-2,5-6,12H,3-4,7-8,10H2/p+2. The molecular weight excluding hydrogens is 150 g/mol. The second kappa shape index (κ2) is 5.69. The van der Waals surface area contributed by atoms with Crippen molar-refractivity contribution in [3.63, 3.8) is 0 Å². The first-order valence-corrected chi connectivity index (χ1v) is 4.43. The molecule has 1 aromatic heterocycles. The van der Waals surface area contributed by atoms with Crippen molar-refractivity contribution in [1.82, 2.24) is 4.98 Å². The lowest BCUT2D eigenvalue weighted by Crippen LogP contribution is -2.88. The van der Waals surface area contributed by atoms with Crippen LogP contribution >= 0.6 is 0 Å². The van der Waals surface area contributed by atoms with Crippen LogP contribution in [0.25, 0.3) is 0 Å². The van der Waals surface area contributed by atoms with Gasteiger partial charge in [-0.1, -0.05) is 0 Å². The number of quaternary nitrogens is 2. The van der Waals surface area contributed by atoms with E-state index in [1.807, 2.05) is 12.4 Å². The monoisotopic (exact) mass is 167 g/mol. The second-order valence-electron chi connectivity index (χ2n) is 2.83. The Morgan fingerprint density at radius 2 is 2.00 bits per heavy atom. The van der Waals surface area contributed by atoms with Crippen LogP contribution in [-0.2, 0) is 6.42 Å². The summed E-state index contributed by atoms with van der Waals surface area (Å²) in [5.41, 5.74) is 5.16. The first-order chi connectivity index (χ1) is 5.93. The van der Waals surface area contributed by atoms with Crippen LogP contribution in [0.15, 0.2) is 24.5 Å². The van der Waals surface area contributed by atoms with Crippen molar-refractivity contribution in [1.29, 1.82) is 0 Å². The molecule has 0 atom stereocenters. The van der Waals surface area contributed by atoms with E-state index in [1.165, 1.54) is 5.56 Å². The summed E-state index contributed by atoms with van der Waals surface area (Å²) >= 11 is 0. The third-order valence-corrected chi connectivity index (χ3v) is 1.79. The summed E-state index contributed by atoms with van der Waals surface area (Å²) in [5.74, 6) is 0. The van der Waals surface area contributed by atoms with Crippen LogP contribution in [0, 0.1) is 0 Å². The first kappa shape index (κ1) is 9.16. The molecule has 0 spiro atoms. The van der Waals surface area contributed by atoms with Crippen LogP contribution in [0.5, 0.6) is 0 Å². The summed E-state index contributed by atoms with van der Waals surface area (Å²) in [6.45, 7) is 3.29. The summed E-state index contributed by atoms with van der Waals surface area (Å²) in [7, 11) is 0. The molecule has 0 saturated heterocycles. The summed E-state index contributed by atoms with van der Waals surface area (Å²) in [4.78, 5) is 3.97. The molecule has 1 aromatic rings. The molecule has 0 aliphatic rings. The topological polar surface area (TPSA) is 57.1 Å². The molecule has 1 heterocycles. The summed E-state index contributed by atoms with van der Waals surface area (Å²) in [6.07, 6.45) is 4.82. The Hall–Kier alpha value is -0.930. The molecule has 0 amide bonds. The normalized spacial score (nSPS) is 10.1. The highest BCUT2D eigenvalue weighted by atomic mass is 14.9. The molecular formula is C9H17N3+2. The van der Waals surface area contributed by atoms with Gasteiger partial charge >= 0.3 is 0 Å². The van der Waals surface area contributed by atoms with Gasteiger partial charge in [-0.2, -0.15) is 0 Å². The van der Waals surface area contributed by atoms with E-state index in [0.29, 0.717) is 0 Å². The van der Waals surface area contributed by atoms with Gasteiger partial charge < -0.3 is 11.1 Å². The maximum absolute atomic E-state index is 3.97. The number of hydrogen-bond donors (Lipinski definition) is 2. The summed E-state index contributed by atoms with van der Waals surface area (Å²) in [5, 5.41) is 2.30. The van der Waals surface area contributed by atoms with Crippen molar-refractivity contribution in [3.05, 3.63) is 30.1 Å². The molecule has 3 nitrogen and oxygen atoms in total. The molecule has 0 aromatic carbocycles. The number of nitrogens with two attached hydrogens (primary N) is 1. The molecule has 0 aliphatic heterocycles. The van der Waals surface area contributed by atoms with Gasteiger partial charge in [-0.05, 0) is 17.7 Å². The zero-order valence-corrected chi connectivity index (χ0v) is 7.37. The number of nitrogens with zero attached hydrogens (tertiary/aromatic N) is 1. The molecule has 66 valence electrons. The Morgan fingerprint density at radius 3 is 2.67 bits per heavy atom. The lowest BCUT2D eigenvalue weighted by Gasteiger charge is -1.98. The van der Waals surface area contributed by atoms with Gasteiger partial charge in [0.25, 0.3) is 0 Å². The van der Waals surface area contributed by atoms with Crippen LogP contribution in [0.4, 0.5) is 0 Å². The summed E-state index contributed by atoms with van der Waals surface area (Å²) in [6, 6.07) is 4.13. The van der Waals surface area contributed by atoms with Gasteiger partial charge in [0.15, 0.2) is 0 Å². The number of aromatic nitrogens is 1. The Kier molecular flexibility index (Phi) is 4.34. The lowest BCUT2D eigenvalue weighted by molar-refractivity contribution is -0.669. The van der Waals surface area contributed by atoms with Crippen molar-refractivity contribution in [2.24, 2.45) is 0 Å². The van der Waals surface area contributed by atoms with Gasteiger partial charge in [0.05, 0.1) is 6.54 Å². The smallest absolute Gasteiger partial charge is 0.125 e. The molecule has 1 rings (SSSR count). The summed E-state index contributed by atoms with van der Waals surface area (Å²) < 4.78 is 0. The maximum Gasteiger partial charge on any atom is 0.125 e. The van der Waals surface area contributed by atoms with Gasteiger partial charge in [-0.25, -0.2) is 0 Å². The predicted octanol–water partition coefficient (Wildman–Crippen LogP) is -1.57. The molecule has 0 fully saturated rings. The Morgan fingerprint density at radius 1 is 1.25 bits per heavy atom. The van der Waals surface area contributed by atoms with Gasteiger partial charge in [-0.15, -0.1) is 0 Å². The van der Waals surface area contributed by atoms with Crippen molar-refractivity contribution in [2.75, 3.05) is 19.6 Å². The molecule has 3 heteroatoms. The third kappa shape index (κ3) is 3.46. The fraction of sp³-hybridized carbons (Fsp3) is 0.444. The largest absolute Gasteiger partial charge is 0.353 e. The van der Waals surface area contributed by atoms with Crippen molar-refractivity contribution in [3.8, 4) is 0 Å². The van der Waals surface area contributed by atoms with Crippen molar-refractivity contribution < 1.29 is 11.1 Å². The SMILES string of the molecule is [NH3+]CC[NH2+]CCc1ccncc1. The van der Waals surface area contributed by atoms with Crippen LogP contribution in [0.3, 0.4) is 0 Å². The van der Waals surface area contributed by atoms with Crippen molar-refractivity contribution in [2.45, 2.75) is 6.42 Å². The number of rotatable bonds is 5. The van der Waals surface area contributed by atoms with Crippen LogP contribution < -0.4 is 11.1 Å². The highest BCUT2D eigenvalue weighted by Crippen LogP contribution is 1.94. The van der Waals surface area contributed by atoms with E-state index in [-0.39, 0.29) is 0 Å². The third-order valence-electron chi connectivity index (χ3n) is 1.79. The fourth-order valence-corrected chi connectivity index (χ4v) is 1.11. The van der Waals surface area contributed by atoms with E-state index >= 15 is 0 Å². The first-order valence-electron chi connectivity index (χ1n) is 4.43. The minimum atomic E-state index is 1.01. The van der Waals surface area contributed by atoms with Gasteiger partial charge in [0, 0.05) is 18.8 Å². The average molecular weight is 167 g/mol. The zero-order chi connectivity index (χ0) is 8.65. The van der Waals surface area contributed by atoms with E-state index in [2.05, 4.69) is 28.2 Å². The van der Waals surface area contributed by atoms with E-state index in [9.17, 15) is 0 Å². The molecule has 12 heavy (non-hydrogen) atoms. The number of pyridine rings is 1. The van der Waals surface area contributed by atoms with Crippen LogP contribution in [-0.4, -0.2) is 24.6 Å². The van der Waals surface area contributed by atoms with Crippen molar-refractivity contribution >= 4 is 0 Å². The van der Waals surface area contributed by atoms with Gasteiger partial charge in [0.1, 0.15) is 13.1 Å². The Bertz CT molecular complexity index is 198. The van der Waals surface area contributed by atoms with E-state index < -0.39 is 0 Å². The molecule has 0 unspecified atom stereocenters. The zero-order valence-electron chi connectivity index (χ0n) is 7.37. The molecule has 0 radical (unpaired) electrons.